The molecule has 0 atom stereocenters. The maximum absolute atomic E-state index is 16.9. The van der Waals surface area contributed by atoms with Gasteiger partial charge in [-0.25, -0.2) is 75.0 Å². The third kappa shape index (κ3) is 6.98. The van der Waals surface area contributed by atoms with Crippen LogP contribution in [0.1, 0.15) is 101 Å². The normalized spacial score (nSPS) is 12.3. The summed E-state index contributed by atoms with van der Waals surface area (Å²) in [6.45, 7) is 13.2. The van der Waals surface area contributed by atoms with Crippen molar-refractivity contribution in [1.82, 2.24) is 4.57 Å². The number of benzene rings is 5. The quantitative estimate of drug-likeness (QED) is 0.0426. The largest absolute Gasteiger partial charge is 0.251 e. The Kier molecular flexibility index (Phi) is 12.5. The summed E-state index contributed by atoms with van der Waals surface area (Å²) in [6.07, 6.45) is -4.53. The second kappa shape index (κ2) is 16.8. The highest BCUT2D eigenvalue weighted by molar-refractivity contribution is 7.19. The summed E-state index contributed by atoms with van der Waals surface area (Å²) >= 11 is 0. The van der Waals surface area contributed by atoms with Gasteiger partial charge in [0.05, 0.1) is 6.20 Å². The molecule has 6 rings (SSSR count). The van der Waals surface area contributed by atoms with Gasteiger partial charge in [0.2, 0.25) is 0 Å². The van der Waals surface area contributed by atoms with Crippen LogP contribution in [0.25, 0.3) is 11.4 Å². The third-order valence-electron chi connectivity index (χ3n) is 11.4. The lowest BCUT2D eigenvalue weighted by Gasteiger charge is -2.42. The monoisotopic (exact) mass is 900 g/mol. The van der Waals surface area contributed by atoms with Gasteiger partial charge in [-0.15, -0.1) is 16.4 Å². The molecule has 1 aromatic heterocycles. The van der Waals surface area contributed by atoms with Gasteiger partial charge in [0.1, 0.15) is 46.3 Å². The van der Waals surface area contributed by atoms with Crippen LogP contribution in [0.4, 0.5) is 65.9 Å². The van der Waals surface area contributed by atoms with Gasteiger partial charge in [-0.05, 0) is 29.3 Å². The van der Waals surface area contributed by atoms with E-state index < -0.39 is 139 Å². The van der Waals surface area contributed by atoms with Crippen molar-refractivity contribution in [3.8, 4) is 11.4 Å². The summed E-state index contributed by atoms with van der Waals surface area (Å²) in [5.74, 6) is -48.0. The zero-order chi connectivity index (χ0) is 47.1. The molecular formula is C45H36BF15N2. The first-order chi connectivity index (χ1) is 29.4. The lowest BCUT2D eigenvalue weighted by atomic mass is 9.13. The number of imidazole rings is 1. The van der Waals surface area contributed by atoms with Crippen molar-refractivity contribution in [2.24, 2.45) is 0 Å². The number of rotatable bonds is 10. The zero-order valence-electron chi connectivity index (χ0n) is 34.6. The summed E-state index contributed by atoms with van der Waals surface area (Å²) in [4.78, 5) is 0. The molecule has 1 heterocycles. The minimum Gasteiger partial charge on any atom is -0.237 e. The van der Waals surface area contributed by atoms with Gasteiger partial charge < -0.3 is 0 Å². The standard InChI is InChI=1S/C45H36BF15N2/c1-17(2)21-11-9-12-22(18(3)4)44(21)62-15-25(63(16-62)45-23(19(5)6)13-10-14-24(45)20(7)8)46(26-29(47)35(53)41(59)36(54)30(26)48,27-31(49)37(55)42(60)38(56)32(27)50)28-33(51)39(57)43(61)40(58)34(28)52/h9-20H,1-8H3. The Hall–Kier alpha value is -5.68. The van der Waals surface area contributed by atoms with Gasteiger partial charge in [-0.2, -0.15) is 0 Å². The molecule has 0 radical (unpaired) electrons. The summed E-state index contributed by atoms with van der Waals surface area (Å²) in [5.41, 5.74) is -8.38. The fraction of sp³-hybridized carbons (Fsp3) is 0.267. The minimum absolute atomic E-state index is 0.132. The van der Waals surface area contributed by atoms with Crippen LogP contribution in [0.5, 0.6) is 0 Å². The van der Waals surface area contributed by atoms with Crippen LogP contribution in [-0.4, -0.2) is 10.7 Å². The summed E-state index contributed by atoms with van der Waals surface area (Å²) in [5, 5.41) is 0. The summed E-state index contributed by atoms with van der Waals surface area (Å²) in [7, 11) is 0. The molecule has 334 valence electrons. The topological polar surface area (TPSA) is 8.81 Å². The number of nitrogens with zero attached hydrogens (tertiary/aromatic N) is 2. The van der Waals surface area contributed by atoms with Crippen LogP contribution in [0, 0.1) is 87.3 Å². The van der Waals surface area contributed by atoms with Crippen LogP contribution < -0.4 is 26.5 Å². The molecule has 0 unspecified atom stereocenters. The van der Waals surface area contributed by atoms with E-state index in [0.29, 0.717) is 17.3 Å². The molecule has 0 saturated heterocycles. The van der Waals surface area contributed by atoms with Crippen molar-refractivity contribution < 1.29 is 70.4 Å². The maximum atomic E-state index is 16.9. The van der Waals surface area contributed by atoms with E-state index in [0.717, 1.165) is 15.5 Å². The van der Waals surface area contributed by atoms with Crippen molar-refractivity contribution in [3.05, 3.63) is 158 Å². The summed E-state index contributed by atoms with van der Waals surface area (Å²) < 4.78 is 242. The fourth-order valence-corrected chi connectivity index (χ4v) is 8.54. The van der Waals surface area contributed by atoms with Crippen LogP contribution in [0.15, 0.2) is 48.9 Å². The van der Waals surface area contributed by atoms with Crippen molar-refractivity contribution >= 4 is 28.1 Å². The summed E-state index contributed by atoms with van der Waals surface area (Å²) in [6, 6.07) is 9.23. The highest BCUT2D eigenvalue weighted by Crippen LogP contribution is 2.35. The number of para-hydroxylation sites is 2. The van der Waals surface area contributed by atoms with E-state index in [4.69, 9.17) is 0 Å². The molecule has 0 saturated carbocycles. The Balaban J connectivity index is 2.17. The first kappa shape index (κ1) is 46.8. The Labute approximate surface area is 351 Å². The first-order valence-corrected chi connectivity index (χ1v) is 19.5. The molecule has 5 aromatic carbocycles. The molecule has 0 aliphatic rings. The molecule has 0 bridgehead atoms. The number of halogens is 15. The van der Waals surface area contributed by atoms with Gasteiger partial charge in [-0.1, -0.05) is 91.8 Å². The van der Waals surface area contributed by atoms with Gasteiger partial charge in [0.25, 0.3) is 6.33 Å². The van der Waals surface area contributed by atoms with Crippen LogP contribution in [-0.2, 0) is 0 Å². The average Bonchev–Trinajstić information content (AvgIpc) is 3.69. The second-order valence-electron chi connectivity index (χ2n) is 16.5. The minimum atomic E-state index is -6.14. The van der Waals surface area contributed by atoms with E-state index >= 15 is 52.7 Å². The first-order valence-electron chi connectivity index (χ1n) is 19.5. The Morgan fingerprint density at radius 3 is 0.905 bits per heavy atom. The van der Waals surface area contributed by atoms with Gasteiger partial charge in [0, 0.05) is 22.3 Å². The molecular weight excluding hydrogens is 864 g/mol. The van der Waals surface area contributed by atoms with Crippen molar-refractivity contribution in [2.75, 3.05) is 0 Å². The molecule has 0 aliphatic carbocycles. The lowest BCUT2D eigenvalue weighted by molar-refractivity contribution is -0.595. The average molecular weight is 901 g/mol. The highest BCUT2D eigenvalue weighted by Gasteiger charge is 2.53. The molecule has 63 heavy (non-hydrogen) atoms. The van der Waals surface area contributed by atoms with Gasteiger partial charge >= 0.3 is 0 Å². The number of hydrogen-bond donors (Lipinski definition) is 0. The maximum Gasteiger partial charge on any atom is 0.251 e. The number of aromatic nitrogens is 2. The van der Waals surface area contributed by atoms with E-state index in [1.165, 1.54) is 18.2 Å². The van der Waals surface area contributed by atoms with Crippen LogP contribution >= 0.6 is 0 Å². The predicted octanol–water partition coefficient (Wildman–Crippen LogP) is 10.7. The van der Waals surface area contributed by atoms with Gasteiger partial charge in [-0.3, -0.25) is 0 Å². The Morgan fingerprint density at radius 1 is 0.381 bits per heavy atom. The molecule has 2 nitrogen and oxygen atoms in total. The van der Waals surface area contributed by atoms with Crippen LogP contribution in [0.2, 0.25) is 0 Å². The Bertz CT molecular complexity index is 2520. The molecule has 0 fully saturated rings. The van der Waals surface area contributed by atoms with E-state index in [9.17, 15) is 13.2 Å². The van der Waals surface area contributed by atoms with E-state index in [1.807, 2.05) is 0 Å². The second-order valence-corrected chi connectivity index (χ2v) is 16.5. The molecule has 6 aromatic rings. The SMILES string of the molecule is CC(C)c1cccc(C(C)C)c1-n1c[n+](-c2c(C(C)C)cccc2C(C)C)cc1[B-](c1c(F)c(F)c(F)c(F)c1F)(c1c(F)c(F)c(F)c(F)c1F)c1c(F)c(F)c(F)c(F)c1F. The Morgan fingerprint density at radius 2 is 0.635 bits per heavy atom. The fourth-order valence-electron chi connectivity index (χ4n) is 8.54. The number of hydrogen-bond acceptors (Lipinski definition) is 0. The van der Waals surface area contributed by atoms with Crippen molar-refractivity contribution in [1.29, 1.82) is 0 Å². The van der Waals surface area contributed by atoms with Crippen molar-refractivity contribution in [2.45, 2.75) is 79.1 Å². The molecule has 0 N–H and O–H groups in total. The predicted molar refractivity (Wildman–Crippen MR) is 207 cm³/mol. The smallest absolute Gasteiger partial charge is 0.237 e. The lowest BCUT2D eigenvalue weighted by Crippen LogP contribution is -2.81. The van der Waals surface area contributed by atoms with Crippen LogP contribution in [0.3, 0.4) is 0 Å². The molecule has 0 aliphatic heterocycles. The molecule has 18 heteroatoms. The highest BCUT2D eigenvalue weighted by atomic mass is 19.2. The van der Waals surface area contributed by atoms with E-state index in [1.54, 1.807) is 73.6 Å². The molecule has 0 spiro atoms. The van der Waals surface area contributed by atoms with E-state index in [-0.39, 0.29) is 22.5 Å². The zero-order valence-corrected chi connectivity index (χ0v) is 34.6. The molecule has 0 amide bonds. The van der Waals surface area contributed by atoms with Crippen molar-refractivity contribution in [3.63, 3.8) is 0 Å². The third-order valence-corrected chi connectivity index (χ3v) is 11.4. The van der Waals surface area contributed by atoms with E-state index in [2.05, 4.69) is 0 Å². The van der Waals surface area contributed by atoms with Gasteiger partial charge in [0.15, 0.2) is 58.5 Å².